The van der Waals surface area contributed by atoms with Crippen LogP contribution in [-0.4, -0.2) is 37.0 Å². The molecule has 0 bridgehead atoms. The molecule has 7 nitrogen and oxygen atoms in total. The number of benzene rings is 1. The van der Waals surface area contributed by atoms with Crippen LogP contribution < -0.4 is 73.9 Å². The molecule has 0 fully saturated rings. The van der Waals surface area contributed by atoms with E-state index in [2.05, 4.69) is 5.32 Å². The van der Waals surface area contributed by atoms with Gasteiger partial charge in [-0.15, -0.1) is 0 Å². The van der Waals surface area contributed by atoms with Crippen LogP contribution in [-0.2, 0) is 14.8 Å². The molecule has 0 spiro atoms. The molecule has 0 aliphatic rings. The molecule has 90 valence electrons. The molecule has 1 aromatic carbocycles. The quantitative estimate of drug-likeness (QED) is 0.361. The molecule has 18 heavy (non-hydrogen) atoms. The van der Waals surface area contributed by atoms with Crippen LogP contribution in [0.3, 0.4) is 0 Å². The van der Waals surface area contributed by atoms with Gasteiger partial charge in [0, 0.05) is 0 Å². The summed E-state index contributed by atoms with van der Waals surface area (Å²) < 4.78 is 49.0. The van der Waals surface area contributed by atoms with Crippen molar-refractivity contribution in [1.29, 1.82) is 0 Å². The second kappa shape index (κ2) is 9.20. The van der Waals surface area contributed by atoms with E-state index in [-0.39, 0.29) is 69.2 Å². The van der Waals surface area contributed by atoms with Gasteiger partial charge in [-0.3, -0.25) is 0 Å². The Balaban J connectivity index is 0. The van der Waals surface area contributed by atoms with E-state index in [1.807, 2.05) is 0 Å². The van der Waals surface area contributed by atoms with Crippen molar-refractivity contribution in [2.45, 2.75) is 0 Å². The summed E-state index contributed by atoms with van der Waals surface area (Å²) in [5.74, 6) is -1.02. The summed E-state index contributed by atoms with van der Waals surface area (Å²) in [6, 6.07) is 2.97. The van der Waals surface area contributed by atoms with E-state index in [0.717, 1.165) is 18.2 Å². The van der Waals surface area contributed by atoms with Gasteiger partial charge < -0.3 is 0 Å². The van der Waals surface area contributed by atoms with E-state index < -0.39 is 36.9 Å². The van der Waals surface area contributed by atoms with Gasteiger partial charge in [0.2, 0.25) is 0 Å². The molecule has 3 N–H and O–H groups in total. The van der Waals surface area contributed by atoms with Crippen LogP contribution in [0.5, 0.6) is 5.75 Å². The molecule has 0 aliphatic carbocycles. The van der Waals surface area contributed by atoms with E-state index in [4.69, 9.17) is 8.19 Å². The number of rotatable bonds is 4. The van der Waals surface area contributed by atoms with Crippen LogP contribution in [0, 0.1) is 0 Å². The van der Waals surface area contributed by atoms with Gasteiger partial charge in [0.15, 0.2) is 0 Å². The summed E-state index contributed by atoms with van der Waals surface area (Å²) in [6.07, 6.45) is 0. The van der Waals surface area contributed by atoms with Crippen molar-refractivity contribution in [2.75, 3.05) is 11.2 Å². The van der Waals surface area contributed by atoms with Gasteiger partial charge in [0.05, 0.1) is 0 Å². The maximum Gasteiger partial charge on any atom is 1.00 e. The van der Waals surface area contributed by atoms with Crippen LogP contribution in [0.4, 0.5) is 5.69 Å². The topological polar surface area (TPSA) is 133 Å². The minimum Gasteiger partial charge on any atom is 1.00 e. The van der Waals surface area contributed by atoms with Gasteiger partial charge >= 0.3 is 155 Å². The maximum absolute atomic E-state index is 11.2. The minimum absolute atomic E-state index is 0. The van der Waals surface area contributed by atoms with Crippen LogP contribution in [0.15, 0.2) is 18.2 Å². The molecule has 0 radical (unpaired) electrons. The summed E-state index contributed by atoms with van der Waals surface area (Å²) in [6.45, 7) is 0. The van der Waals surface area contributed by atoms with Gasteiger partial charge in [-0.1, -0.05) is 0 Å². The molecule has 0 saturated carbocycles. The van der Waals surface area contributed by atoms with Crippen LogP contribution >= 0.6 is 0 Å². The minimum atomic E-state index is -5.06. The van der Waals surface area contributed by atoms with Gasteiger partial charge in [0.1, 0.15) is 0 Å². The second-order valence-electron chi connectivity index (χ2n) is 2.85. The van der Waals surface area contributed by atoms with E-state index >= 15 is 0 Å². The van der Waals surface area contributed by atoms with E-state index in [0.29, 0.717) is 0 Å². The summed E-state index contributed by atoms with van der Waals surface area (Å²) in [5.41, 5.74) is -0.147. The molecule has 0 aliphatic heterocycles. The molecule has 1 unspecified atom stereocenters. The van der Waals surface area contributed by atoms with Gasteiger partial charge in [0.25, 0.3) is 0 Å². The van der Waals surface area contributed by atoms with E-state index in [1.165, 1.54) is 0 Å². The first-order valence-corrected chi connectivity index (χ1v) is 8.60. The van der Waals surface area contributed by atoms with Crippen molar-refractivity contribution in [3.05, 3.63) is 18.2 Å². The number of hydrogen-bond donors (Lipinski definition) is 3. The van der Waals surface area contributed by atoms with Crippen LogP contribution in [0.2, 0.25) is 0 Å². The molecule has 1 atom stereocenters. The second-order valence-corrected chi connectivity index (χ2v) is 7.11. The first-order valence-electron chi connectivity index (χ1n) is 3.97. The number of anilines is 1. The zero-order valence-corrected chi connectivity index (χ0v) is 16.5. The average molecular weight is 355 g/mol. The fraction of sp³-hybridized carbons (Fsp3) is 0.143. The molecule has 1 aromatic rings. The Morgan fingerprint density at radius 2 is 1.89 bits per heavy atom. The summed E-state index contributed by atoms with van der Waals surface area (Å²) >= 11 is -7.45. The summed E-state index contributed by atoms with van der Waals surface area (Å²) in [7, 11) is 0. The Bertz CT molecular complexity index is 467. The third-order valence-electron chi connectivity index (χ3n) is 1.68. The van der Waals surface area contributed by atoms with Gasteiger partial charge in [-0.2, -0.15) is 0 Å². The molecule has 11 heteroatoms. The Morgan fingerprint density at radius 1 is 1.33 bits per heavy atom. The predicted molar refractivity (Wildman–Crippen MR) is 53.8 cm³/mol. The maximum atomic E-state index is 11.2. The monoisotopic (exact) mass is 355 g/mol. The van der Waals surface area contributed by atoms with Gasteiger partial charge in [-0.25, -0.2) is 0 Å². The molecule has 0 heterocycles. The summed E-state index contributed by atoms with van der Waals surface area (Å²) in [5, 5.41) is 13.5. The third-order valence-corrected chi connectivity index (χ3v) is 4.06. The molecule has 1 rings (SSSR count). The van der Waals surface area contributed by atoms with Crippen molar-refractivity contribution >= 4 is 35.3 Å². The fourth-order valence-corrected chi connectivity index (χ4v) is 2.43. The van der Waals surface area contributed by atoms with E-state index in [1.54, 1.807) is 0 Å². The SMILES string of the molecule is O=S([O-])CNc1cc([As](=O)(O)O)ccc1[O-].[Na+].[Na+]. The van der Waals surface area contributed by atoms with Crippen molar-refractivity contribution in [3.63, 3.8) is 0 Å². The van der Waals surface area contributed by atoms with Crippen molar-refractivity contribution in [1.82, 2.24) is 0 Å². The fourth-order valence-electron chi connectivity index (χ4n) is 0.974. The first kappa shape index (κ1) is 21.5. The van der Waals surface area contributed by atoms with Crippen molar-refractivity contribution < 1.29 is 84.9 Å². The number of nitrogens with one attached hydrogen (secondary N) is 1. The number of hydrogen-bond acceptors (Lipinski definition) is 5. The van der Waals surface area contributed by atoms with E-state index in [9.17, 15) is 17.6 Å². The molecular weight excluding hydrogens is 347 g/mol. The van der Waals surface area contributed by atoms with Gasteiger partial charge in [-0.05, 0) is 0 Å². The predicted octanol–water partition coefficient (Wildman–Crippen LogP) is -8.42. The molecule has 0 amide bonds. The van der Waals surface area contributed by atoms with Crippen molar-refractivity contribution in [2.24, 2.45) is 0 Å². The summed E-state index contributed by atoms with van der Waals surface area (Å²) in [4.78, 5) is 0. The standard InChI is InChI=1S/C7H10AsNO6S.2Na/c10-7-2-1-5(8(11,12)13)3-6(7)9-4-16(14)15;;/h1-3,9-10H,4H2,(H,14,15)(H2,11,12,13);;/q;2*+1/p-2. The largest absolute Gasteiger partial charge is 1.00 e. The Kier molecular flexibility index (Phi) is 11.0. The first-order chi connectivity index (χ1) is 7.30. The zero-order valence-electron chi connectivity index (χ0n) is 9.82. The van der Waals surface area contributed by atoms with Crippen LogP contribution in [0.25, 0.3) is 0 Å². The average Bonchev–Trinajstić information content (AvgIpc) is 2.14. The Hall–Kier alpha value is 1.21. The Morgan fingerprint density at radius 3 is 2.33 bits per heavy atom. The smallest absolute Gasteiger partial charge is 1.00 e. The molecular formula is C7H8AsNNa2O6S. The van der Waals surface area contributed by atoms with Crippen molar-refractivity contribution in [3.8, 4) is 5.75 Å². The van der Waals surface area contributed by atoms with Crippen LogP contribution in [0.1, 0.15) is 0 Å². The molecule has 0 aromatic heterocycles. The molecule has 0 saturated heterocycles. The Labute approximate surface area is 153 Å². The normalized spacial score (nSPS) is 11.9. The third kappa shape index (κ3) is 7.11. The zero-order chi connectivity index (χ0) is 12.3.